The van der Waals surface area contributed by atoms with Crippen LogP contribution in [0, 0.1) is 13.8 Å². The van der Waals surface area contributed by atoms with Gasteiger partial charge in [-0.15, -0.1) is 0 Å². The van der Waals surface area contributed by atoms with E-state index in [-0.39, 0.29) is 6.04 Å². The van der Waals surface area contributed by atoms with Gasteiger partial charge in [0.1, 0.15) is 17.3 Å². The molecule has 2 aromatic rings. The fourth-order valence-electron chi connectivity index (χ4n) is 2.07. The van der Waals surface area contributed by atoms with Gasteiger partial charge in [-0.3, -0.25) is 0 Å². The van der Waals surface area contributed by atoms with Gasteiger partial charge < -0.3 is 14.9 Å². The van der Waals surface area contributed by atoms with Crippen LogP contribution in [0.15, 0.2) is 33.2 Å². The van der Waals surface area contributed by atoms with Crippen LogP contribution >= 0.6 is 15.9 Å². The fourth-order valence-corrected chi connectivity index (χ4v) is 2.41. The monoisotopic (exact) mass is 309 g/mol. The molecule has 0 fully saturated rings. The summed E-state index contributed by atoms with van der Waals surface area (Å²) in [6.45, 7) is 3.84. The number of hydrogen-bond acceptors (Lipinski definition) is 3. The number of aryl methyl sites for hydroxylation is 2. The average Bonchev–Trinajstić information content (AvgIpc) is 2.67. The zero-order valence-electron chi connectivity index (χ0n) is 10.7. The molecule has 0 aliphatic rings. The maximum absolute atomic E-state index is 6.30. The Morgan fingerprint density at radius 3 is 2.50 bits per heavy atom. The van der Waals surface area contributed by atoms with E-state index in [1.54, 1.807) is 7.11 Å². The Labute approximate surface area is 115 Å². The summed E-state index contributed by atoms with van der Waals surface area (Å²) in [7, 11) is 1.64. The highest BCUT2D eigenvalue weighted by molar-refractivity contribution is 9.10. The van der Waals surface area contributed by atoms with E-state index in [4.69, 9.17) is 14.9 Å². The molecule has 1 heterocycles. The zero-order chi connectivity index (χ0) is 13.3. The molecule has 2 rings (SSSR count). The molecule has 0 amide bonds. The molecule has 0 aliphatic carbocycles. The molecule has 1 aromatic heterocycles. The van der Waals surface area contributed by atoms with Crippen LogP contribution in [0.5, 0.6) is 5.75 Å². The average molecular weight is 310 g/mol. The first-order valence-electron chi connectivity index (χ1n) is 5.69. The van der Waals surface area contributed by atoms with Crippen molar-refractivity contribution >= 4 is 15.9 Å². The van der Waals surface area contributed by atoms with Crippen molar-refractivity contribution in [2.75, 3.05) is 7.11 Å². The summed E-state index contributed by atoms with van der Waals surface area (Å²) in [6, 6.07) is 7.57. The minimum Gasteiger partial charge on any atom is -0.496 e. The van der Waals surface area contributed by atoms with Crippen LogP contribution < -0.4 is 10.5 Å². The van der Waals surface area contributed by atoms with Crippen molar-refractivity contribution in [3.8, 4) is 5.75 Å². The Bertz CT molecular complexity index is 563. The van der Waals surface area contributed by atoms with Crippen molar-refractivity contribution in [3.63, 3.8) is 0 Å². The molecule has 0 saturated carbocycles. The molecule has 1 unspecified atom stereocenters. The lowest BCUT2D eigenvalue weighted by molar-refractivity contribution is 0.407. The maximum Gasteiger partial charge on any atom is 0.125 e. The van der Waals surface area contributed by atoms with Gasteiger partial charge in [0, 0.05) is 15.6 Å². The highest BCUT2D eigenvalue weighted by Gasteiger charge is 2.18. The molecule has 0 spiro atoms. The molecular weight excluding hydrogens is 294 g/mol. The number of hydrogen-bond donors (Lipinski definition) is 1. The van der Waals surface area contributed by atoms with Gasteiger partial charge in [-0.25, -0.2) is 0 Å². The number of methoxy groups -OCH3 is 1. The standard InChI is InChI=1S/C14H16BrNO2/c1-8-6-12(9(2)18-8)14(16)11-5-4-10(15)7-13(11)17-3/h4-7,14H,16H2,1-3H3. The van der Waals surface area contributed by atoms with Gasteiger partial charge in [-0.1, -0.05) is 22.0 Å². The first-order valence-corrected chi connectivity index (χ1v) is 6.48. The SMILES string of the molecule is COc1cc(Br)ccc1C(N)c1cc(C)oc1C. The Balaban J connectivity index is 2.45. The summed E-state index contributed by atoms with van der Waals surface area (Å²) in [5.41, 5.74) is 8.24. The van der Waals surface area contributed by atoms with Crippen LogP contribution in [0.1, 0.15) is 28.7 Å². The number of halogens is 1. The molecule has 3 nitrogen and oxygen atoms in total. The van der Waals surface area contributed by atoms with Crippen molar-refractivity contribution in [3.05, 3.63) is 51.4 Å². The molecular formula is C14H16BrNO2. The van der Waals surface area contributed by atoms with Gasteiger partial charge >= 0.3 is 0 Å². The molecule has 1 atom stereocenters. The van der Waals surface area contributed by atoms with Gasteiger partial charge in [0.15, 0.2) is 0 Å². The highest BCUT2D eigenvalue weighted by Crippen LogP contribution is 2.33. The number of benzene rings is 1. The third-order valence-corrected chi connectivity index (χ3v) is 3.44. The van der Waals surface area contributed by atoms with E-state index in [2.05, 4.69) is 15.9 Å². The summed E-state index contributed by atoms with van der Waals surface area (Å²) in [6.07, 6.45) is 0. The van der Waals surface area contributed by atoms with E-state index in [1.165, 1.54) is 0 Å². The van der Waals surface area contributed by atoms with Crippen LogP contribution in [0.2, 0.25) is 0 Å². The predicted octanol–water partition coefficient (Wildman–Crippen LogP) is 3.72. The number of rotatable bonds is 3. The van der Waals surface area contributed by atoms with Crippen LogP contribution in [0.3, 0.4) is 0 Å². The van der Waals surface area contributed by atoms with Gasteiger partial charge in [0.2, 0.25) is 0 Å². The molecule has 18 heavy (non-hydrogen) atoms. The largest absolute Gasteiger partial charge is 0.496 e. The smallest absolute Gasteiger partial charge is 0.125 e. The Morgan fingerprint density at radius 1 is 1.22 bits per heavy atom. The molecule has 1 aromatic carbocycles. The number of ether oxygens (including phenoxy) is 1. The van der Waals surface area contributed by atoms with Gasteiger partial charge in [0.05, 0.1) is 13.2 Å². The van der Waals surface area contributed by atoms with E-state index in [0.717, 1.165) is 32.9 Å². The minimum atomic E-state index is -0.245. The second kappa shape index (κ2) is 5.16. The molecule has 0 radical (unpaired) electrons. The summed E-state index contributed by atoms with van der Waals surface area (Å²) < 4.78 is 11.9. The fraction of sp³-hybridized carbons (Fsp3) is 0.286. The van der Waals surface area contributed by atoms with E-state index in [0.29, 0.717) is 0 Å². The van der Waals surface area contributed by atoms with Gasteiger partial charge in [-0.2, -0.15) is 0 Å². The van der Waals surface area contributed by atoms with Crippen LogP contribution in [-0.2, 0) is 0 Å². The highest BCUT2D eigenvalue weighted by atomic mass is 79.9. The summed E-state index contributed by atoms with van der Waals surface area (Å²) >= 11 is 3.42. The first-order chi connectivity index (χ1) is 8.52. The van der Waals surface area contributed by atoms with Crippen molar-refractivity contribution in [1.29, 1.82) is 0 Å². The van der Waals surface area contributed by atoms with Gasteiger partial charge in [-0.05, 0) is 32.0 Å². The second-order valence-corrected chi connectivity index (χ2v) is 5.15. The molecule has 2 N–H and O–H groups in total. The Hall–Kier alpha value is -1.26. The van der Waals surface area contributed by atoms with Gasteiger partial charge in [0.25, 0.3) is 0 Å². The van der Waals surface area contributed by atoms with E-state index in [1.807, 2.05) is 38.1 Å². The lowest BCUT2D eigenvalue weighted by Crippen LogP contribution is -2.13. The lowest BCUT2D eigenvalue weighted by atomic mass is 9.99. The van der Waals surface area contributed by atoms with Crippen LogP contribution in [-0.4, -0.2) is 7.11 Å². The van der Waals surface area contributed by atoms with Crippen molar-refractivity contribution in [2.24, 2.45) is 5.73 Å². The predicted molar refractivity (Wildman–Crippen MR) is 74.9 cm³/mol. The third kappa shape index (κ3) is 2.44. The second-order valence-electron chi connectivity index (χ2n) is 4.23. The Kier molecular flexibility index (Phi) is 3.78. The lowest BCUT2D eigenvalue weighted by Gasteiger charge is -2.15. The van der Waals surface area contributed by atoms with E-state index >= 15 is 0 Å². The van der Waals surface area contributed by atoms with Crippen molar-refractivity contribution < 1.29 is 9.15 Å². The summed E-state index contributed by atoms with van der Waals surface area (Å²) in [4.78, 5) is 0. The molecule has 0 bridgehead atoms. The molecule has 0 saturated heterocycles. The molecule has 0 aliphatic heterocycles. The Morgan fingerprint density at radius 2 is 1.94 bits per heavy atom. The van der Waals surface area contributed by atoms with Crippen LogP contribution in [0.4, 0.5) is 0 Å². The molecule has 4 heteroatoms. The first kappa shape index (κ1) is 13.2. The summed E-state index contributed by atoms with van der Waals surface area (Å²) in [5.74, 6) is 2.49. The normalized spacial score (nSPS) is 12.5. The van der Waals surface area contributed by atoms with Crippen LogP contribution in [0.25, 0.3) is 0 Å². The summed E-state index contributed by atoms with van der Waals surface area (Å²) in [5, 5.41) is 0. The van der Waals surface area contributed by atoms with Crippen molar-refractivity contribution in [2.45, 2.75) is 19.9 Å². The molecule has 96 valence electrons. The third-order valence-electron chi connectivity index (χ3n) is 2.95. The quantitative estimate of drug-likeness (QED) is 0.940. The zero-order valence-corrected chi connectivity index (χ0v) is 12.2. The topological polar surface area (TPSA) is 48.4 Å². The number of nitrogens with two attached hydrogens (primary N) is 1. The maximum atomic E-state index is 6.30. The van der Waals surface area contributed by atoms with Crippen molar-refractivity contribution in [1.82, 2.24) is 0 Å². The van der Waals surface area contributed by atoms with E-state index < -0.39 is 0 Å². The minimum absolute atomic E-state index is 0.245. The van der Waals surface area contributed by atoms with E-state index in [9.17, 15) is 0 Å². The number of furan rings is 1.